The highest BCUT2D eigenvalue weighted by Gasteiger charge is 2.49. The lowest BCUT2D eigenvalue weighted by Crippen LogP contribution is -2.62. The molecule has 2 amide bonds. The number of amides is 2. The largest absolute Gasteiger partial charge is 0.394 e. The molecular weight excluding hydrogens is 1580 g/mol. The number of aliphatic hydroxyl groups excluding tert-OH is 16. The van der Waals surface area contributed by atoms with E-state index in [0.717, 1.165) is 77.0 Å². The van der Waals surface area contributed by atoms with Crippen molar-refractivity contribution in [1.82, 2.24) is 10.6 Å². The molecule has 31 nitrogen and oxygen atoms in total. The van der Waals surface area contributed by atoms with Gasteiger partial charge in [-0.25, -0.2) is 0 Å². The van der Waals surface area contributed by atoms with E-state index in [-0.39, 0.29) is 65.9 Å². The summed E-state index contributed by atoms with van der Waals surface area (Å²) in [5.74, 6) is -2.27. The van der Waals surface area contributed by atoms with Gasteiger partial charge in [-0.05, 0) is 19.3 Å². The zero-order valence-corrected chi connectivity index (χ0v) is 75.5. The van der Waals surface area contributed by atoms with Gasteiger partial charge in [0, 0.05) is 32.9 Å². The SMILES string of the molecule is CCCCCCCCCCCCCCCCCCOCC(COCC(COCCCCCCCCCCCCCCCCCC)OCC(COCCCCCCCCCCCCCCCCCC)OCCNC(=O)[C@H](O)[C@H](O)[C@H](O[C@@H]1O[C@H](CO)[C@H](O)[C@H](O)[C@H]1O)[C@H](O)CO)OCCNC(=O)[C@H](O)[C@H](O)[C@H](O[C@@H]1O[C@H](CO)[C@H](O)[C@H](O)[C@H]1O)[C@H](O)CO. The summed E-state index contributed by atoms with van der Waals surface area (Å²) in [6.07, 6.45) is 21.5. The van der Waals surface area contributed by atoms with Gasteiger partial charge in [-0.15, -0.1) is 0 Å². The van der Waals surface area contributed by atoms with Crippen LogP contribution in [0, 0.1) is 0 Å². The standard InChI is InChI=1S/C91H178N2O29/c1-4-7-10-13-16-19-22-25-28-31-34-37-40-43-46-49-54-112-63-69(116-57-52-92-88(110)82(106)80(104)86(72(98)59-94)121-90-84(108)78(102)76(100)74(61-96)119-90)66-115-67-70(64-113-55-50-47-44-41-38-35-32-29-26-23-20-17-14-11-8-5-2)118-68-71(65-114-56-51-48-45-42-39-36-33-30-27-24-21-18-15-12-9-6-3)117-58-53-93-89(111)83(107)81(105)87(73(99)60-95)122-91-85(109)79(103)77(101)75(62-97)120-91/h69-87,90-91,94-109H,4-68H2,1-3H3,(H,92,110)(H,93,111)/t69?,70?,71?,72-,73-,74-,75-,76+,77+,78+,79+,80+,81+,82-,83-,84-,85-,86-,87-,90+,91+/m1/s1. The molecule has 726 valence electrons. The van der Waals surface area contributed by atoms with E-state index in [1.165, 1.54) is 231 Å². The molecule has 0 radical (unpaired) electrons. The zero-order chi connectivity index (χ0) is 89.4. The molecule has 0 aromatic heterocycles. The van der Waals surface area contributed by atoms with Crippen molar-refractivity contribution in [3.8, 4) is 0 Å². The molecule has 122 heavy (non-hydrogen) atoms. The highest BCUT2D eigenvalue weighted by atomic mass is 16.7. The van der Waals surface area contributed by atoms with Crippen molar-refractivity contribution in [2.45, 2.75) is 458 Å². The third-order valence-corrected chi connectivity index (χ3v) is 23.2. The third-order valence-electron chi connectivity index (χ3n) is 23.2. The predicted molar refractivity (Wildman–Crippen MR) is 465 cm³/mol. The monoisotopic (exact) mass is 1760 g/mol. The number of hydrogen-bond donors (Lipinski definition) is 18. The number of carbonyl (C=O) groups excluding carboxylic acids is 2. The number of carbonyl (C=O) groups is 2. The minimum absolute atomic E-state index is 0.0000736. The molecular formula is C91H178N2O29. The van der Waals surface area contributed by atoms with Crippen LogP contribution in [-0.4, -0.2) is 334 Å². The Bertz CT molecular complexity index is 2320. The van der Waals surface area contributed by atoms with Crippen LogP contribution in [0.15, 0.2) is 0 Å². The number of rotatable bonds is 88. The summed E-state index contributed by atoms with van der Waals surface area (Å²) in [5, 5.41) is 172. The highest BCUT2D eigenvalue weighted by Crippen LogP contribution is 2.28. The predicted octanol–water partition coefficient (Wildman–Crippen LogP) is 7.75. The Balaban J connectivity index is 2.30. The van der Waals surface area contributed by atoms with Gasteiger partial charge in [0.15, 0.2) is 24.8 Å². The molecule has 2 rings (SSSR count). The van der Waals surface area contributed by atoms with Crippen LogP contribution in [0.5, 0.6) is 0 Å². The van der Waals surface area contributed by atoms with Crippen LogP contribution in [0.25, 0.3) is 0 Å². The topological polar surface area (TPSA) is 483 Å². The highest BCUT2D eigenvalue weighted by molar-refractivity contribution is 5.81. The molecule has 2 aliphatic heterocycles. The van der Waals surface area contributed by atoms with Gasteiger partial charge in [0.1, 0.15) is 104 Å². The summed E-state index contributed by atoms with van der Waals surface area (Å²) < 4.78 is 66.0. The second-order valence-corrected chi connectivity index (χ2v) is 34.2. The van der Waals surface area contributed by atoms with Crippen molar-refractivity contribution in [2.24, 2.45) is 0 Å². The van der Waals surface area contributed by atoms with E-state index < -0.39 is 167 Å². The number of aliphatic hydroxyl groups is 16. The minimum Gasteiger partial charge on any atom is -0.394 e. The van der Waals surface area contributed by atoms with Crippen LogP contribution in [-0.2, 0) is 61.7 Å². The Morgan fingerprint density at radius 1 is 0.295 bits per heavy atom. The Hall–Kier alpha value is -2.14. The average Bonchev–Trinajstić information content (AvgIpc) is 0.809. The summed E-state index contributed by atoms with van der Waals surface area (Å²) in [7, 11) is 0. The van der Waals surface area contributed by atoms with Crippen LogP contribution in [0.3, 0.4) is 0 Å². The normalized spacial score (nSPS) is 22.3. The quantitative estimate of drug-likeness (QED) is 0.0259. The molecule has 21 atom stereocenters. The number of nitrogens with one attached hydrogen (secondary N) is 2. The van der Waals surface area contributed by atoms with E-state index in [2.05, 4.69) is 31.4 Å². The molecule has 0 aromatic rings. The molecule has 31 heteroatoms. The number of ether oxygens (including phenoxy) is 11. The van der Waals surface area contributed by atoms with Gasteiger partial charge in [0.25, 0.3) is 11.8 Å². The molecule has 2 aliphatic rings. The Kier molecular flexibility index (Phi) is 74.8. The lowest BCUT2D eigenvalue weighted by atomic mass is 9.98. The van der Waals surface area contributed by atoms with Crippen molar-refractivity contribution in [1.29, 1.82) is 0 Å². The summed E-state index contributed by atoms with van der Waals surface area (Å²) in [5.41, 5.74) is 0. The first-order valence-electron chi connectivity index (χ1n) is 48.2. The first-order chi connectivity index (χ1) is 59.3. The van der Waals surface area contributed by atoms with E-state index >= 15 is 0 Å². The molecule has 2 fully saturated rings. The second kappa shape index (κ2) is 78.7. The molecule has 0 spiro atoms. The van der Waals surface area contributed by atoms with Crippen molar-refractivity contribution in [2.75, 3.05) is 112 Å². The van der Waals surface area contributed by atoms with E-state index in [0.29, 0.717) is 19.8 Å². The third kappa shape index (κ3) is 55.1. The minimum atomic E-state index is -2.30. The molecule has 0 aliphatic carbocycles. The maximum Gasteiger partial charge on any atom is 0.251 e. The van der Waals surface area contributed by atoms with Gasteiger partial charge in [-0.3, -0.25) is 9.59 Å². The van der Waals surface area contributed by atoms with Crippen molar-refractivity contribution in [3.05, 3.63) is 0 Å². The first kappa shape index (κ1) is 116. The Morgan fingerprint density at radius 2 is 0.533 bits per heavy atom. The lowest BCUT2D eigenvalue weighted by Gasteiger charge is -2.42. The van der Waals surface area contributed by atoms with Crippen LogP contribution in [0.2, 0.25) is 0 Å². The van der Waals surface area contributed by atoms with Gasteiger partial charge in [0.05, 0.1) is 79.3 Å². The number of unbranched alkanes of at least 4 members (excludes halogenated alkanes) is 45. The fourth-order valence-corrected chi connectivity index (χ4v) is 15.3. The Morgan fingerprint density at radius 3 is 0.787 bits per heavy atom. The van der Waals surface area contributed by atoms with Crippen molar-refractivity contribution < 1.29 is 143 Å². The summed E-state index contributed by atoms with van der Waals surface area (Å²) in [6.45, 7) is 3.83. The fourth-order valence-electron chi connectivity index (χ4n) is 15.3. The van der Waals surface area contributed by atoms with Gasteiger partial charge < -0.3 is 144 Å². The van der Waals surface area contributed by atoms with Gasteiger partial charge in [-0.1, -0.05) is 310 Å². The van der Waals surface area contributed by atoms with Crippen molar-refractivity contribution in [3.63, 3.8) is 0 Å². The van der Waals surface area contributed by atoms with E-state index in [4.69, 9.17) is 52.1 Å². The van der Waals surface area contributed by atoms with Crippen LogP contribution in [0.1, 0.15) is 329 Å². The Labute approximate surface area is 732 Å². The zero-order valence-electron chi connectivity index (χ0n) is 75.5. The first-order valence-corrected chi connectivity index (χ1v) is 48.2. The smallest absolute Gasteiger partial charge is 0.251 e. The van der Waals surface area contributed by atoms with Crippen molar-refractivity contribution >= 4 is 11.8 Å². The molecule has 0 aromatic carbocycles. The lowest BCUT2D eigenvalue weighted by molar-refractivity contribution is -0.326. The maximum absolute atomic E-state index is 13.5. The second-order valence-electron chi connectivity index (χ2n) is 34.2. The summed E-state index contributed by atoms with van der Waals surface area (Å²) >= 11 is 0. The molecule has 18 N–H and O–H groups in total. The van der Waals surface area contributed by atoms with E-state index in [9.17, 15) is 91.3 Å². The molecule has 0 bridgehead atoms. The average molecular weight is 1760 g/mol. The van der Waals surface area contributed by atoms with Gasteiger partial charge in [-0.2, -0.15) is 0 Å². The molecule has 3 unspecified atom stereocenters. The van der Waals surface area contributed by atoms with Crippen LogP contribution < -0.4 is 10.6 Å². The van der Waals surface area contributed by atoms with Crippen LogP contribution >= 0.6 is 0 Å². The molecule has 2 saturated heterocycles. The van der Waals surface area contributed by atoms with E-state index in [1.807, 2.05) is 0 Å². The van der Waals surface area contributed by atoms with Gasteiger partial charge in [0.2, 0.25) is 0 Å². The summed E-state index contributed by atoms with van der Waals surface area (Å²) in [6, 6.07) is 0. The maximum atomic E-state index is 13.5. The fraction of sp³-hybridized carbons (Fsp3) is 0.978. The van der Waals surface area contributed by atoms with E-state index in [1.54, 1.807) is 0 Å². The summed E-state index contributed by atoms with van der Waals surface area (Å²) in [4.78, 5) is 26.9. The van der Waals surface area contributed by atoms with Crippen LogP contribution in [0.4, 0.5) is 0 Å². The number of hydrogen-bond acceptors (Lipinski definition) is 29. The molecule has 0 saturated carbocycles. The molecule has 2 heterocycles. The van der Waals surface area contributed by atoms with Gasteiger partial charge >= 0.3 is 0 Å².